The van der Waals surface area contributed by atoms with Crippen molar-refractivity contribution >= 4 is 0 Å². The molecule has 1 atom stereocenters. The first-order valence-electron chi connectivity index (χ1n) is 4.93. The SMILES string of the molecule is COCCN(C)CC(C#N)NC(C)C. The zero-order valence-corrected chi connectivity index (χ0v) is 9.58. The molecule has 0 heterocycles. The number of ether oxygens (including phenoxy) is 1. The van der Waals surface area contributed by atoms with Crippen LogP contribution in [0.25, 0.3) is 0 Å². The molecule has 0 aliphatic heterocycles. The van der Waals surface area contributed by atoms with Gasteiger partial charge in [-0.15, -0.1) is 0 Å². The van der Waals surface area contributed by atoms with E-state index in [0.717, 1.165) is 13.1 Å². The lowest BCUT2D eigenvalue weighted by Gasteiger charge is -2.21. The van der Waals surface area contributed by atoms with Gasteiger partial charge in [0.2, 0.25) is 0 Å². The summed E-state index contributed by atoms with van der Waals surface area (Å²) in [5.74, 6) is 0. The number of hydrogen-bond acceptors (Lipinski definition) is 4. The van der Waals surface area contributed by atoms with Crippen LogP contribution in [0.3, 0.4) is 0 Å². The maximum Gasteiger partial charge on any atom is 0.108 e. The van der Waals surface area contributed by atoms with Crippen LogP contribution < -0.4 is 5.32 Å². The Morgan fingerprint density at radius 3 is 2.57 bits per heavy atom. The molecular weight excluding hydrogens is 178 g/mol. The number of nitriles is 1. The van der Waals surface area contributed by atoms with E-state index in [1.54, 1.807) is 7.11 Å². The molecule has 4 nitrogen and oxygen atoms in total. The monoisotopic (exact) mass is 199 g/mol. The third-order valence-corrected chi connectivity index (χ3v) is 1.86. The Hall–Kier alpha value is -0.630. The second-order valence-corrected chi connectivity index (χ2v) is 3.76. The minimum absolute atomic E-state index is 0.100. The van der Waals surface area contributed by atoms with Crippen LogP contribution in [0.5, 0.6) is 0 Å². The summed E-state index contributed by atoms with van der Waals surface area (Å²) < 4.78 is 4.96. The van der Waals surface area contributed by atoms with E-state index >= 15 is 0 Å². The lowest BCUT2D eigenvalue weighted by molar-refractivity contribution is 0.158. The van der Waals surface area contributed by atoms with Crippen LogP contribution in [0, 0.1) is 11.3 Å². The highest BCUT2D eigenvalue weighted by atomic mass is 16.5. The minimum Gasteiger partial charge on any atom is -0.383 e. The van der Waals surface area contributed by atoms with E-state index in [1.165, 1.54) is 0 Å². The summed E-state index contributed by atoms with van der Waals surface area (Å²) in [6, 6.07) is 2.49. The first-order chi connectivity index (χ1) is 6.60. The minimum atomic E-state index is -0.100. The fraction of sp³-hybridized carbons (Fsp3) is 0.900. The molecule has 0 rings (SSSR count). The van der Waals surface area contributed by atoms with Gasteiger partial charge in [-0.1, -0.05) is 0 Å². The van der Waals surface area contributed by atoms with Crippen molar-refractivity contribution in [3.8, 4) is 6.07 Å². The smallest absolute Gasteiger partial charge is 0.108 e. The molecular formula is C10H21N3O. The molecule has 0 aliphatic rings. The van der Waals surface area contributed by atoms with Gasteiger partial charge in [-0.3, -0.25) is 5.32 Å². The van der Waals surface area contributed by atoms with Gasteiger partial charge in [0.15, 0.2) is 0 Å². The van der Waals surface area contributed by atoms with Gasteiger partial charge >= 0.3 is 0 Å². The van der Waals surface area contributed by atoms with Crippen molar-refractivity contribution in [2.75, 3.05) is 33.9 Å². The summed E-state index contributed by atoms with van der Waals surface area (Å²) in [6.07, 6.45) is 0. The van der Waals surface area contributed by atoms with Gasteiger partial charge < -0.3 is 9.64 Å². The largest absolute Gasteiger partial charge is 0.383 e. The number of nitrogens with one attached hydrogen (secondary N) is 1. The fourth-order valence-electron chi connectivity index (χ4n) is 1.18. The molecule has 0 aromatic rings. The third kappa shape index (κ3) is 6.84. The van der Waals surface area contributed by atoms with Gasteiger partial charge in [0.05, 0.1) is 12.7 Å². The van der Waals surface area contributed by atoms with Crippen molar-refractivity contribution < 1.29 is 4.74 Å². The number of nitrogens with zero attached hydrogens (tertiary/aromatic N) is 2. The maximum atomic E-state index is 8.88. The molecule has 0 fully saturated rings. The van der Waals surface area contributed by atoms with Gasteiger partial charge in [-0.2, -0.15) is 5.26 Å². The van der Waals surface area contributed by atoms with E-state index < -0.39 is 0 Å². The van der Waals surface area contributed by atoms with E-state index in [0.29, 0.717) is 12.6 Å². The second kappa shape index (κ2) is 7.74. The molecule has 0 radical (unpaired) electrons. The predicted molar refractivity (Wildman–Crippen MR) is 57.0 cm³/mol. The molecule has 0 bridgehead atoms. The topological polar surface area (TPSA) is 48.3 Å². The Morgan fingerprint density at radius 2 is 2.14 bits per heavy atom. The molecule has 0 spiro atoms. The Labute approximate surface area is 86.8 Å². The summed E-state index contributed by atoms with van der Waals surface area (Å²) >= 11 is 0. The van der Waals surface area contributed by atoms with Crippen molar-refractivity contribution in [1.82, 2.24) is 10.2 Å². The second-order valence-electron chi connectivity index (χ2n) is 3.76. The average Bonchev–Trinajstić information content (AvgIpc) is 2.12. The summed E-state index contributed by atoms with van der Waals surface area (Å²) in [5, 5.41) is 12.1. The van der Waals surface area contributed by atoms with Gasteiger partial charge in [-0.25, -0.2) is 0 Å². The Kier molecular flexibility index (Phi) is 7.40. The van der Waals surface area contributed by atoms with E-state index in [9.17, 15) is 0 Å². The van der Waals surface area contributed by atoms with Crippen molar-refractivity contribution in [1.29, 1.82) is 5.26 Å². The van der Waals surface area contributed by atoms with Crippen LogP contribution in [0.2, 0.25) is 0 Å². The van der Waals surface area contributed by atoms with Gasteiger partial charge in [0, 0.05) is 26.2 Å². The number of likely N-dealkylation sites (N-methyl/N-ethyl adjacent to an activating group) is 1. The molecule has 4 heteroatoms. The van der Waals surface area contributed by atoms with E-state index in [2.05, 4.69) is 16.3 Å². The molecule has 0 amide bonds. The lowest BCUT2D eigenvalue weighted by Crippen LogP contribution is -2.42. The van der Waals surface area contributed by atoms with E-state index in [1.807, 2.05) is 20.9 Å². The van der Waals surface area contributed by atoms with Crippen molar-refractivity contribution in [3.63, 3.8) is 0 Å². The normalized spacial score (nSPS) is 13.2. The standard InChI is InChI=1S/C10H21N3O/c1-9(2)12-10(7-11)8-13(3)5-6-14-4/h9-10,12H,5-6,8H2,1-4H3. The summed E-state index contributed by atoms with van der Waals surface area (Å²) in [5.41, 5.74) is 0. The molecule has 0 saturated carbocycles. The highest BCUT2D eigenvalue weighted by Gasteiger charge is 2.10. The first-order valence-corrected chi connectivity index (χ1v) is 4.93. The van der Waals surface area contributed by atoms with E-state index in [-0.39, 0.29) is 6.04 Å². The zero-order valence-electron chi connectivity index (χ0n) is 9.58. The Bertz CT molecular complexity index is 177. The average molecular weight is 199 g/mol. The number of methoxy groups -OCH3 is 1. The third-order valence-electron chi connectivity index (χ3n) is 1.86. The van der Waals surface area contributed by atoms with Gasteiger partial charge in [-0.05, 0) is 20.9 Å². The van der Waals surface area contributed by atoms with Crippen LogP contribution in [-0.4, -0.2) is 50.8 Å². The van der Waals surface area contributed by atoms with E-state index in [4.69, 9.17) is 10.00 Å². The van der Waals surface area contributed by atoms with Crippen molar-refractivity contribution in [2.24, 2.45) is 0 Å². The van der Waals surface area contributed by atoms with Crippen molar-refractivity contribution in [2.45, 2.75) is 25.9 Å². The quantitative estimate of drug-likeness (QED) is 0.647. The summed E-state index contributed by atoms with van der Waals surface area (Å²) in [7, 11) is 3.67. The predicted octanol–water partition coefficient (Wildman–Crippen LogP) is 0.455. The number of rotatable bonds is 7. The van der Waals surface area contributed by atoms with Crippen LogP contribution in [-0.2, 0) is 4.74 Å². The maximum absolute atomic E-state index is 8.88. The lowest BCUT2D eigenvalue weighted by atomic mass is 10.2. The highest BCUT2D eigenvalue weighted by Crippen LogP contribution is 1.91. The van der Waals surface area contributed by atoms with Crippen LogP contribution in [0.4, 0.5) is 0 Å². The fourth-order valence-corrected chi connectivity index (χ4v) is 1.18. The molecule has 0 saturated heterocycles. The molecule has 0 aromatic carbocycles. The molecule has 1 N–H and O–H groups in total. The zero-order chi connectivity index (χ0) is 11.0. The first kappa shape index (κ1) is 13.4. The molecule has 0 aromatic heterocycles. The van der Waals surface area contributed by atoms with Gasteiger partial charge in [0.25, 0.3) is 0 Å². The van der Waals surface area contributed by atoms with Crippen LogP contribution in [0.15, 0.2) is 0 Å². The summed E-state index contributed by atoms with van der Waals surface area (Å²) in [6.45, 7) is 6.38. The van der Waals surface area contributed by atoms with Crippen molar-refractivity contribution in [3.05, 3.63) is 0 Å². The Morgan fingerprint density at radius 1 is 1.50 bits per heavy atom. The van der Waals surface area contributed by atoms with Crippen LogP contribution in [0.1, 0.15) is 13.8 Å². The Balaban J connectivity index is 3.75. The molecule has 14 heavy (non-hydrogen) atoms. The highest BCUT2D eigenvalue weighted by molar-refractivity contribution is 4.92. The molecule has 0 aliphatic carbocycles. The summed E-state index contributed by atoms with van der Waals surface area (Å²) in [4.78, 5) is 2.09. The number of hydrogen-bond donors (Lipinski definition) is 1. The molecule has 1 unspecified atom stereocenters. The van der Waals surface area contributed by atoms with Gasteiger partial charge in [0.1, 0.15) is 6.04 Å². The molecule has 82 valence electrons. The van der Waals surface area contributed by atoms with Crippen LogP contribution >= 0.6 is 0 Å².